The Labute approximate surface area is 184 Å². The van der Waals surface area contributed by atoms with Crippen molar-refractivity contribution in [3.63, 3.8) is 0 Å². The second-order valence-corrected chi connectivity index (χ2v) is 10.5. The van der Waals surface area contributed by atoms with E-state index in [1.54, 1.807) is 24.3 Å². The summed E-state index contributed by atoms with van der Waals surface area (Å²) in [6, 6.07) is 12.1. The number of fused-ring (bicyclic) bond motifs is 1. The van der Waals surface area contributed by atoms with Gasteiger partial charge in [-0.2, -0.15) is 0 Å². The first kappa shape index (κ1) is 21.5. The molecule has 0 aliphatic heterocycles. The Balaban J connectivity index is 1.61. The van der Waals surface area contributed by atoms with Gasteiger partial charge in [0.15, 0.2) is 6.61 Å². The van der Waals surface area contributed by atoms with Crippen LogP contribution in [-0.4, -0.2) is 20.9 Å². The van der Waals surface area contributed by atoms with Crippen molar-refractivity contribution in [1.82, 2.24) is 0 Å². The first-order chi connectivity index (χ1) is 14.8. The number of halogens is 1. The van der Waals surface area contributed by atoms with Crippen LogP contribution in [0, 0.1) is 12.7 Å². The summed E-state index contributed by atoms with van der Waals surface area (Å²) in [5, 5.41) is 3.07. The van der Waals surface area contributed by atoms with Gasteiger partial charge in [0.2, 0.25) is 9.84 Å². The number of benzene rings is 2. The maximum absolute atomic E-state index is 13.5. The van der Waals surface area contributed by atoms with Crippen LogP contribution in [0.15, 0.2) is 58.3 Å². The van der Waals surface area contributed by atoms with Gasteiger partial charge in [-0.3, -0.25) is 4.79 Å². The number of hydrogen-bond acceptors (Lipinski definition) is 5. The van der Waals surface area contributed by atoms with Crippen LogP contribution >= 0.6 is 11.3 Å². The number of rotatable bonds is 6. The van der Waals surface area contributed by atoms with Crippen LogP contribution in [0.1, 0.15) is 28.8 Å². The molecule has 31 heavy (non-hydrogen) atoms. The molecule has 0 atom stereocenters. The number of hydrogen-bond donors (Lipinski definition) is 1. The van der Waals surface area contributed by atoms with Crippen LogP contribution in [0.5, 0.6) is 5.75 Å². The average Bonchev–Trinajstić information content (AvgIpc) is 3.12. The Bertz CT molecular complexity index is 1200. The molecular weight excluding hydrogens is 437 g/mol. The third-order valence-corrected chi connectivity index (χ3v) is 8.38. The lowest BCUT2D eigenvalue weighted by molar-refractivity contribution is -0.118. The van der Waals surface area contributed by atoms with E-state index >= 15 is 0 Å². The number of sulfone groups is 1. The molecule has 1 aromatic heterocycles. The van der Waals surface area contributed by atoms with Crippen LogP contribution in [0.25, 0.3) is 0 Å². The van der Waals surface area contributed by atoms with Crippen molar-refractivity contribution in [1.29, 1.82) is 0 Å². The molecule has 1 amide bonds. The number of thiophene rings is 1. The summed E-state index contributed by atoms with van der Waals surface area (Å²) < 4.78 is 45.4. The van der Waals surface area contributed by atoms with Gasteiger partial charge in [0, 0.05) is 4.88 Å². The molecule has 0 saturated heterocycles. The molecule has 8 heteroatoms. The second kappa shape index (κ2) is 8.80. The van der Waals surface area contributed by atoms with Gasteiger partial charge in [0.25, 0.3) is 5.91 Å². The van der Waals surface area contributed by atoms with E-state index in [2.05, 4.69) is 5.32 Å². The van der Waals surface area contributed by atoms with Crippen molar-refractivity contribution in [2.45, 2.75) is 42.4 Å². The van der Waals surface area contributed by atoms with Gasteiger partial charge < -0.3 is 10.1 Å². The van der Waals surface area contributed by atoms with Crippen LogP contribution in [-0.2, 0) is 27.5 Å². The molecule has 1 aliphatic carbocycles. The monoisotopic (exact) mass is 459 g/mol. The van der Waals surface area contributed by atoms with Crippen molar-refractivity contribution in [3.8, 4) is 5.75 Å². The maximum Gasteiger partial charge on any atom is 0.262 e. The van der Waals surface area contributed by atoms with Gasteiger partial charge in [-0.15, -0.1) is 11.3 Å². The van der Waals surface area contributed by atoms with Crippen LogP contribution in [0.4, 0.5) is 9.39 Å². The lowest BCUT2D eigenvalue weighted by Gasteiger charge is -2.14. The molecule has 3 aromatic rings. The SMILES string of the molecule is Cc1ccc(S(=O)(=O)c2c(NC(=O)COc3ccc(F)cc3)sc3c2CCCC3)cc1. The van der Waals surface area contributed by atoms with Crippen molar-refractivity contribution < 1.29 is 22.3 Å². The zero-order valence-electron chi connectivity index (χ0n) is 17.0. The number of carbonyl (C=O) groups excluding carboxylic acids is 1. The van der Waals surface area contributed by atoms with Gasteiger partial charge >= 0.3 is 0 Å². The number of aryl methyl sites for hydroxylation is 2. The predicted octanol–water partition coefficient (Wildman–Crippen LogP) is 4.92. The Hall–Kier alpha value is -2.71. The smallest absolute Gasteiger partial charge is 0.262 e. The van der Waals surface area contributed by atoms with Crippen LogP contribution in [0.2, 0.25) is 0 Å². The summed E-state index contributed by atoms with van der Waals surface area (Å²) in [6.07, 6.45) is 3.40. The summed E-state index contributed by atoms with van der Waals surface area (Å²) in [4.78, 5) is 13.9. The molecular formula is C23H22FNO4S2. The minimum atomic E-state index is -3.79. The molecule has 1 heterocycles. The zero-order chi connectivity index (χ0) is 22.0. The van der Waals surface area contributed by atoms with E-state index in [4.69, 9.17) is 4.74 Å². The molecule has 2 aromatic carbocycles. The number of anilines is 1. The van der Waals surface area contributed by atoms with Crippen molar-refractivity contribution in [3.05, 3.63) is 70.4 Å². The summed E-state index contributed by atoms with van der Waals surface area (Å²) in [6.45, 7) is 1.59. The molecule has 0 radical (unpaired) electrons. The highest BCUT2D eigenvalue weighted by Gasteiger charge is 2.31. The Morgan fingerprint density at radius 3 is 2.45 bits per heavy atom. The minimum absolute atomic E-state index is 0.200. The van der Waals surface area contributed by atoms with Crippen LogP contribution in [0.3, 0.4) is 0 Å². The third kappa shape index (κ3) is 4.65. The summed E-state index contributed by atoms with van der Waals surface area (Å²) in [5.74, 6) is -0.510. The number of nitrogens with one attached hydrogen (secondary N) is 1. The van der Waals surface area contributed by atoms with E-state index in [-0.39, 0.29) is 16.4 Å². The highest BCUT2D eigenvalue weighted by Crippen LogP contribution is 2.43. The van der Waals surface area contributed by atoms with E-state index in [0.717, 1.165) is 35.3 Å². The van der Waals surface area contributed by atoms with E-state index < -0.39 is 21.6 Å². The van der Waals surface area contributed by atoms with Gasteiger partial charge in [0.1, 0.15) is 21.5 Å². The summed E-state index contributed by atoms with van der Waals surface area (Å²) in [7, 11) is -3.79. The summed E-state index contributed by atoms with van der Waals surface area (Å²) in [5.41, 5.74) is 1.78. The van der Waals surface area contributed by atoms with E-state index in [9.17, 15) is 17.6 Å². The van der Waals surface area contributed by atoms with Crippen LogP contribution < -0.4 is 10.1 Å². The Kier molecular flexibility index (Phi) is 6.11. The lowest BCUT2D eigenvalue weighted by atomic mass is 9.99. The fraction of sp³-hybridized carbons (Fsp3) is 0.261. The largest absolute Gasteiger partial charge is 0.484 e. The molecule has 1 aliphatic rings. The van der Waals surface area contributed by atoms with Crippen molar-refractivity contribution in [2.24, 2.45) is 0 Å². The molecule has 0 spiro atoms. The normalized spacial score (nSPS) is 13.5. The van der Waals surface area contributed by atoms with Gasteiger partial charge in [-0.1, -0.05) is 17.7 Å². The molecule has 0 fully saturated rings. The van der Waals surface area contributed by atoms with Gasteiger partial charge in [-0.05, 0) is 74.6 Å². The number of carbonyl (C=O) groups is 1. The molecule has 0 unspecified atom stereocenters. The maximum atomic E-state index is 13.5. The van der Waals surface area contributed by atoms with Gasteiger partial charge in [-0.25, -0.2) is 12.8 Å². The summed E-state index contributed by atoms with van der Waals surface area (Å²) >= 11 is 1.32. The highest BCUT2D eigenvalue weighted by molar-refractivity contribution is 7.92. The first-order valence-corrected chi connectivity index (χ1v) is 12.3. The molecule has 5 nitrogen and oxygen atoms in total. The van der Waals surface area contributed by atoms with Crippen molar-refractivity contribution >= 4 is 32.1 Å². The first-order valence-electron chi connectivity index (χ1n) is 9.99. The standard InChI is InChI=1S/C23H22FNO4S2/c1-15-6-12-18(13-7-15)31(27,28)22-19-4-2-3-5-20(19)30-23(22)25-21(26)14-29-17-10-8-16(24)9-11-17/h6-13H,2-5,14H2,1H3,(H,25,26). The molecule has 162 valence electrons. The Morgan fingerprint density at radius 2 is 1.74 bits per heavy atom. The van der Waals surface area contributed by atoms with Crippen molar-refractivity contribution in [2.75, 3.05) is 11.9 Å². The fourth-order valence-corrected chi connectivity index (χ4v) is 6.88. The molecule has 0 bridgehead atoms. The zero-order valence-corrected chi connectivity index (χ0v) is 18.6. The topological polar surface area (TPSA) is 72.5 Å². The van der Waals surface area contributed by atoms with Gasteiger partial charge in [0.05, 0.1) is 4.90 Å². The number of ether oxygens (including phenoxy) is 1. The average molecular weight is 460 g/mol. The lowest BCUT2D eigenvalue weighted by Crippen LogP contribution is -2.21. The number of amides is 1. The fourth-order valence-electron chi connectivity index (χ4n) is 3.58. The quantitative estimate of drug-likeness (QED) is 0.568. The highest BCUT2D eigenvalue weighted by atomic mass is 32.2. The minimum Gasteiger partial charge on any atom is -0.484 e. The Morgan fingerprint density at radius 1 is 1.06 bits per heavy atom. The molecule has 1 N–H and O–H groups in total. The molecule has 0 saturated carbocycles. The predicted molar refractivity (Wildman–Crippen MR) is 118 cm³/mol. The third-order valence-electron chi connectivity index (χ3n) is 5.16. The second-order valence-electron chi connectivity index (χ2n) is 7.48. The van der Waals surface area contributed by atoms with E-state index in [1.807, 2.05) is 6.92 Å². The molecule has 4 rings (SSSR count). The van der Waals surface area contributed by atoms with E-state index in [1.165, 1.54) is 35.6 Å². The van der Waals surface area contributed by atoms with E-state index in [0.29, 0.717) is 17.2 Å².